The number of ether oxygens (including phenoxy) is 3. The van der Waals surface area contributed by atoms with E-state index in [0.29, 0.717) is 23.7 Å². The molecule has 0 bridgehead atoms. The maximum atomic E-state index is 5.96. The van der Waals surface area contributed by atoms with Crippen molar-refractivity contribution in [3.8, 4) is 27.8 Å². The monoisotopic (exact) mass is 366 g/mol. The summed E-state index contributed by atoms with van der Waals surface area (Å²) in [6.45, 7) is 0.361. The van der Waals surface area contributed by atoms with E-state index in [1.54, 1.807) is 31.6 Å². The lowest BCUT2D eigenvalue weighted by Crippen LogP contribution is -1.97. The van der Waals surface area contributed by atoms with Crippen molar-refractivity contribution < 1.29 is 18.6 Å². The fourth-order valence-electron chi connectivity index (χ4n) is 2.58. The van der Waals surface area contributed by atoms with Crippen LogP contribution in [0.25, 0.3) is 21.5 Å². The van der Waals surface area contributed by atoms with Crippen molar-refractivity contribution in [3.63, 3.8) is 0 Å². The zero-order valence-corrected chi connectivity index (χ0v) is 15.1. The van der Waals surface area contributed by atoms with Gasteiger partial charge < -0.3 is 18.6 Å². The van der Waals surface area contributed by atoms with Crippen LogP contribution in [0.15, 0.2) is 52.3 Å². The Bertz CT molecular complexity index is 1020. The number of rotatable bonds is 6. The third-order valence-corrected chi connectivity index (χ3v) is 4.89. The molecule has 0 aliphatic carbocycles. The predicted octanol–water partition coefficient (Wildman–Crippen LogP) is 4.95. The minimum Gasteiger partial charge on any atom is -0.497 e. The molecule has 0 aliphatic rings. The Morgan fingerprint density at radius 2 is 1.88 bits per heavy atom. The zero-order chi connectivity index (χ0) is 17.9. The number of nitrogens with zero attached hydrogens (tertiary/aromatic N) is 1. The van der Waals surface area contributed by atoms with Gasteiger partial charge in [-0.3, -0.25) is 0 Å². The standard InChI is InChI=1S/C20H16NO4S/c1-22-15-5-3-13(4-6-15)20-21-14(12-26-20)11-25-19-10-16(23-2)9-18-17(19)7-8-24-18/h3-7,9-10,12H,11H2,1-2H3. The third-order valence-electron chi connectivity index (χ3n) is 3.95. The van der Waals surface area contributed by atoms with Crippen LogP contribution in [0.2, 0.25) is 0 Å². The summed E-state index contributed by atoms with van der Waals surface area (Å²) in [4.78, 5) is 4.65. The highest BCUT2D eigenvalue weighted by atomic mass is 32.1. The molecule has 131 valence electrons. The van der Waals surface area contributed by atoms with Gasteiger partial charge >= 0.3 is 0 Å². The first-order chi connectivity index (χ1) is 12.8. The van der Waals surface area contributed by atoms with E-state index in [1.165, 1.54) is 0 Å². The van der Waals surface area contributed by atoms with Crippen molar-refractivity contribution >= 4 is 22.3 Å². The maximum absolute atomic E-state index is 5.96. The minimum atomic E-state index is 0.361. The van der Waals surface area contributed by atoms with Gasteiger partial charge in [-0.2, -0.15) is 0 Å². The molecule has 4 rings (SSSR count). The van der Waals surface area contributed by atoms with Crippen LogP contribution >= 0.6 is 11.3 Å². The summed E-state index contributed by atoms with van der Waals surface area (Å²) in [5, 5.41) is 3.80. The number of hydrogen-bond donors (Lipinski definition) is 0. The van der Waals surface area contributed by atoms with Gasteiger partial charge in [-0.25, -0.2) is 4.98 Å². The lowest BCUT2D eigenvalue weighted by Gasteiger charge is -2.08. The molecule has 2 aromatic heterocycles. The van der Waals surface area contributed by atoms with Gasteiger partial charge in [-0.05, 0) is 30.3 Å². The Hall–Kier alpha value is -2.99. The third kappa shape index (κ3) is 3.23. The van der Waals surface area contributed by atoms with Crippen LogP contribution in [0.1, 0.15) is 5.69 Å². The van der Waals surface area contributed by atoms with E-state index >= 15 is 0 Å². The SMILES string of the molecule is COc1ccc(-c2nc(COc3cc(OC)cc4o[c]cc34)cs2)cc1. The van der Waals surface area contributed by atoms with Gasteiger partial charge in [0.25, 0.3) is 0 Å². The quantitative estimate of drug-likeness (QED) is 0.483. The van der Waals surface area contributed by atoms with Crippen molar-refractivity contribution in [2.45, 2.75) is 6.61 Å². The molecule has 0 atom stereocenters. The Labute approximate surface area is 154 Å². The highest BCUT2D eigenvalue weighted by Crippen LogP contribution is 2.33. The molecule has 26 heavy (non-hydrogen) atoms. The van der Waals surface area contributed by atoms with E-state index in [2.05, 4.69) is 11.2 Å². The number of hydrogen-bond acceptors (Lipinski definition) is 6. The summed E-state index contributed by atoms with van der Waals surface area (Å²) in [7, 11) is 3.26. The van der Waals surface area contributed by atoms with E-state index < -0.39 is 0 Å². The highest BCUT2D eigenvalue weighted by molar-refractivity contribution is 7.13. The molecule has 0 saturated carbocycles. The molecule has 0 fully saturated rings. The Morgan fingerprint density at radius 3 is 2.65 bits per heavy atom. The van der Waals surface area contributed by atoms with Crippen molar-refractivity contribution in [1.29, 1.82) is 0 Å². The summed E-state index contributed by atoms with van der Waals surface area (Å²) in [6.07, 6.45) is 2.73. The van der Waals surface area contributed by atoms with Gasteiger partial charge in [-0.1, -0.05) is 0 Å². The maximum Gasteiger partial charge on any atom is 0.170 e. The number of thiazole rings is 1. The molecule has 0 spiro atoms. The first-order valence-corrected chi connectivity index (χ1v) is 8.84. The molecule has 1 radical (unpaired) electrons. The van der Waals surface area contributed by atoms with E-state index in [9.17, 15) is 0 Å². The van der Waals surface area contributed by atoms with Crippen LogP contribution in [-0.4, -0.2) is 19.2 Å². The lowest BCUT2D eigenvalue weighted by atomic mass is 10.2. The largest absolute Gasteiger partial charge is 0.497 e. The van der Waals surface area contributed by atoms with Gasteiger partial charge in [0.2, 0.25) is 0 Å². The second kappa shape index (κ2) is 7.09. The van der Waals surface area contributed by atoms with Crippen molar-refractivity contribution in [3.05, 3.63) is 59.8 Å². The van der Waals surface area contributed by atoms with Crippen LogP contribution in [0.4, 0.5) is 0 Å². The zero-order valence-electron chi connectivity index (χ0n) is 14.3. The van der Waals surface area contributed by atoms with Gasteiger partial charge in [0.15, 0.2) is 6.26 Å². The van der Waals surface area contributed by atoms with E-state index in [-0.39, 0.29) is 0 Å². The molecule has 6 heteroatoms. The normalized spacial score (nSPS) is 10.8. The summed E-state index contributed by atoms with van der Waals surface area (Å²) < 4.78 is 21.8. The van der Waals surface area contributed by atoms with Gasteiger partial charge in [0, 0.05) is 23.1 Å². The van der Waals surface area contributed by atoms with E-state index in [0.717, 1.165) is 27.4 Å². The van der Waals surface area contributed by atoms with Crippen molar-refractivity contribution in [1.82, 2.24) is 4.98 Å². The summed E-state index contributed by atoms with van der Waals surface area (Å²) >= 11 is 1.58. The molecular formula is C20H16NO4S. The molecule has 0 unspecified atom stereocenters. The van der Waals surface area contributed by atoms with Crippen LogP contribution in [0.3, 0.4) is 0 Å². The first kappa shape index (κ1) is 16.5. The van der Waals surface area contributed by atoms with Crippen molar-refractivity contribution in [2.75, 3.05) is 14.2 Å². The lowest BCUT2D eigenvalue weighted by molar-refractivity contribution is 0.303. The molecule has 5 nitrogen and oxygen atoms in total. The smallest absolute Gasteiger partial charge is 0.170 e. The molecule has 2 heterocycles. The minimum absolute atomic E-state index is 0.361. The second-order valence-electron chi connectivity index (χ2n) is 5.56. The summed E-state index contributed by atoms with van der Waals surface area (Å²) in [6, 6.07) is 13.2. The average molecular weight is 366 g/mol. The molecule has 0 amide bonds. The molecule has 2 aromatic carbocycles. The van der Waals surface area contributed by atoms with Crippen LogP contribution < -0.4 is 14.2 Å². The fraction of sp³-hybridized carbons (Fsp3) is 0.150. The van der Waals surface area contributed by atoms with E-state index in [1.807, 2.05) is 41.8 Å². The fourth-order valence-corrected chi connectivity index (χ4v) is 3.39. The molecular weight excluding hydrogens is 350 g/mol. The van der Waals surface area contributed by atoms with Gasteiger partial charge in [-0.15, -0.1) is 11.3 Å². The van der Waals surface area contributed by atoms with Crippen LogP contribution in [0, 0.1) is 6.26 Å². The number of benzene rings is 2. The molecule has 0 N–H and O–H groups in total. The van der Waals surface area contributed by atoms with Gasteiger partial charge in [0.1, 0.15) is 34.4 Å². The Morgan fingerprint density at radius 1 is 1.08 bits per heavy atom. The summed E-state index contributed by atoms with van der Waals surface area (Å²) in [5.74, 6) is 2.18. The summed E-state index contributed by atoms with van der Waals surface area (Å²) in [5.41, 5.74) is 2.59. The Balaban J connectivity index is 1.52. The van der Waals surface area contributed by atoms with Gasteiger partial charge in [0.05, 0.1) is 25.3 Å². The number of aromatic nitrogens is 1. The average Bonchev–Trinajstić information content (AvgIpc) is 3.35. The number of furan rings is 1. The molecule has 0 saturated heterocycles. The van der Waals surface area contributed by atoms with E-state index in [4.69, 9.17) is 18.6 Å². The van der Waals surface area contributed by atoms with Crippen LogP contribution in [0.5, 0.6) is 17.2 Å². The first-order valence-electron chi connectivity index (χ1n) is 7.96. The molecule has 0 aliphatic heterocycles. The molecule has 4 aromatic rings. The predicted molar refractivity (Wildman–Crippen MR) is 100 cm³/mol. The number of fused-ring (bicyclic) bond motifs is 1. The highest BCUT2D eigenvalue weighted by Gasteiger charge is 2.11. The van der Waals surface area contributed by atoms with Crippen LogP contribution in [-0.2, 0) is 6.61 Å². The topological polar surface area (TPSA) is 53.7 Å². The number of methoxy groups -OCH3 is 2. The second-order valence-corrected chi connectivity index (χ2v) is 6.42. The Kier molecular flexibility index (Phi) is 4.50. The van der Waals surface area contributed by atoms with Crippen molar-refractivity contribution in [2.24, 2.45) is 0 Å².